The lowest BCUT2D eigenvalue weighted by Gasteiger charge is -2.28. The third-order valence-corrected chi connectivity index (χ3v) is 2.76. The molecule has 18 heavy (non-hydrogen) atoms. The average Bonchev–Trinajstić information content (AvgIpc) is 2.38. The summed E-state index contributed by atoms with van der Waals surface area (Å²) in [6, 6.07) is 5.76. The molecule has 0 saturated heterocycles. The van der Waals surface area contributed by atoms with Crippen LogP contribution in [0.3, 0.4) is 0 Å². The zero-order chi connectivity index (χ0) is 13.0. The van der Waals surface area contributed by atoms with Gasteiger partial charge in [-0.3, -0.25) is 9.98 Å². The Balaban J connectivity index is 1.98. The van der Waals surface area contributed by atoms with Gasteiger partial charge in [0.25, 0.3) is 0 Å². The van der Waals surface area contributed by atoms with Crippen molar-refractivity contribution in [1.29, 1.82) is 0 Å². The maximum Gasteiger partial charge on any atom is 0.212 e. The molecule has 0 bridgehead atoms. The van der Waals surface area contributed by atoms with Crippen molar-refractivity contribution in [2.75, 3.05) is 13.1 Å². The molecule has 0 fully saturated rings. The summed E-state index contributed by atoms with van der Waals surface area (Å²) in [7, 11) is 0. The smallest absolute Gasteiger partial charge is 0.212 e. The molecule has 0 amide bonds. The van der Waals surface area contributed by atoms with E-state index in [9.17, 15) is 0 Å². The van der Waals surface area contributed by atoms with E-state index in [1.165, 1.54) is 0 Å². The van der Waals surface area contributed by atoms with Crippen molar-refractivity contribution in [2.45, 2.75) is 20.8 Å². The zero-order valence-corrected chi connectivity index (χ0v) is 11.1. The van der Waals surface area contributed by atoms with Crippen LogP contribution < -0.4 is 10.7 Å². The molecule has 2 N–H and O–H groups in total. The van der Waals surface area contributed by atoms with E-state index < -0.39 is 0 Å². The van der Waals surface area contributed by atoms with E-state index in [4.69, 9.17) is 0 Å². The SMILES string of the molecule is C/C(=N\NC1=NCC(C)(C)CN1)c1ccccn1. The van der Waals surface area contributed by atoms with Gasteiger partial charge in [-0.1, -0.05) is 19.9 Å². The molecule has 0 aromatic carbocycles. The van der Waals surface area contributed by atoms with E-state index in [0.717, 1.165) is 30.5 Å². The fraction of sp³-hybridized carbons (Fsp3) is 0.462. The standard InChI is InChI=1S/C13H19N5/c1-10(11-6-4-5-7-14-11)17-18-12-15-8-13(2,3)9-16-12/h4-7H,8-9H2,1-3H3,(H2,15,16,18)/b17-10+. The van der Waals surface area contributed by atoms with Crippen molar-refractivity contribution in [1.82, 2.24) is 15.7 Å². The minimum absolute atomic E-state index is 0.213. The molecular weight excluding hydrogens is 226 g/mol. The van der Waals surface area contributed by atoms with Gasteiger partial charge in [-0.15, -0.1) is 0 Å². The highest BCUT2D eigenvalue weighted by molar-refractivity contribution is 5.97. The lowest BCUT2D eigenvalue weighted by atomic mass is 9.93. The van der Waals surface area contributed by atoms with E-state index in [1.807, 2.05) is 25.1 Å². The Kier molecular flexibility index (Phi) is 3.60. The number of rotatable bonds is 2. The van der Waals surface area contributed by atoms with Crippen molar-refractivity contribution >= 4 is 11.7 Å². The molecule has 96 valence electrons. The summed E-state index contributed by atoms with van der Waals surface area (Å²) >= 11 is 0. The number of aliphatic imine (C=N–C) groups is 1. The van der Waals surface area contributed by atoms with E-state index in [-0.39, 0.29) is 5.41 Å². The molecule has 0 unspecified atom stereocenters. The second-order valence-electron chi connectivity index (χ2n) is 5.21. The fourth-order valence-electron chi connectivity index (χ4n) is 1.57. The first-order valence-corrected chi connectivity index (χ1v) is 6.07. The zero-order valence-electron chi connectivity index (χ0n) is 11.1. The van der Waals surface area contributed by atoms with E-state index in [2.05, 4.69) is 39.7 Å². The Labute approximate surface area is 107 Å². The topological polar surface area (TPSA) is 61.7 Å². The van der Waals surface area contributed by atoms with Crippen molar-refractivity contribution in [2.24, 2.45) is 15.5 Å². The lowest BCUT2D eigenvalue weighted by Crippen LogP contribution is -2.46. The molecule has 0 saturated carbocycles. The van der Waals surface area contributed by atoms with Gasteiger partial charge in [-0.25, -0.2) is 5.43 Å². The van der Waals surface area contributed by atoms with Gasteiger partial charge < -0.3 is 5.32 Å². The van der Waals surface area contributed by atoms with Crippen LogP contribution in [0.2, 0.25) is 0 Å². The van der Waals surface area contributed by atoms with Crippen molar-refractivity contribution in [3.63, 3.8) is 0 Å². The van der Waals surface area contributed by atoms with Crippen molar-refractivity contribution in [3.05, 3.63) is 30.1 Å². The summed E-state index contributed by atoms with van der Waals surface area (Å²) in [6.07, 6.45) is 1.76. The molecule has 0 spiro atoms. The largest absolute Gasteiger partial charge is 0.354 e. The predicted molar refractivity (Wildman–Crippen MR) is 73.7 cm³/mol. The van der Waals surface area contributed by atoms with E-state index in [0.29, 0.717) is 0 Å². The summed E-state index contributed by atoms with van der Waals surface area (Å²) in [5.41, 5.74) is 4.86. The highest BCUT2D eigenvalue weighted by Gasteiger charge is 2.21. The predicted octanol–water partition coefficient (Wildman–Crippen LogP) is 1.38. The number of aromatic nitrogens is 1. The second-order valence-corrected chi connectivity index (χ2v) is 5.21. The van der Waals surface area contributed by atoms with Gasteiger partial charge in [0, 0.05) is 24.7 Å². The van der Waals surface area contributed by atoms with Crippen LogP contribution in [0.5, 0.6) is 0 Å². The van der Waals surface area contributed by atoms with Gasteiger partial charge in [-0.2, -0.15) is 5.10 Å². The Morgan fingerprint density at radius 2 is 2.28 bits per heavy atom. The number of nitrogens with zero attached hydrogens (tertiary/aromatic N) is 3. The molecule has 2 rings (SSSR count). The number of hydrazone groups is 1. The van der Waals surface area contributed by atoms with Crippen LogP contribution in [0.25, 0.3) is 0 Å². The third kappa shape index (κ3) is 3.29. The highest BCUT2D eigenvalue weighted by Crippen LogP contribution is 2.15. The first kappa shape index (κ1) is 12.5. The van der Waals surface area contributed by atoms with E-state index >= 15 is 0 Å². The Hall–Kier alpha value is -1.91. The first-order chi connectivity index (χ1) is 8.57. The molecular formula is C13H19N5. The van der Waals surface area contributed by atoms with Gasteiger partial charge in [0.1, 0.15) is 0 Å². The van der Waals surface area contributed by atoms with Crippen LogP contribution in [0.1, 0.15) is 26.5 Å². The van der Waals surface area contributed by atoms with Crippen molar-refractivity contribution < 1.29 is 0 Å². The fourth-order valence-corrected chi connectivity index (χ4v) is 1.57. The number of guanidine groups is 1. The van der Waals surface area contributed by atoms with Crippen LogP contribution in [0, 0.1) is 5.41 Å². The van der Waals surface area contributed by atoms with Gasteiger partial charge >= 0.3 is 0 Å². The molecule has 0 aliphatic carbocycles. The van der Waals surface area contributed by atoms with Crippen LogP contribution in [-0.2, 0) is 0 Å². The number of pyridine rings is 1. The Bertz CT molecular complexity index is 462. The van der Waals surface area contributed by atoms with Gasteiger partial charge in [0.05, 0.1) is 11.4 Å². The van der Waals surface area contributed by atoms with E-state index in [1.54, 1.807) is 6.20 Å². The van der Waals surface area contributed by atoms with Gasteiger partial charge in [0.2, 0.25) is 5.96 Å². The minimum atomic E-state index is 0.213. The quantitative estimate of drug-likeness (QED) is 0.611. The molecule has 1 aromatic heterocycles. The molecule has 1 aliphatic heterocycles. The molecule has 2 heterocycles. The number of nitrogens with one attached hydrogen (secondary N) is 2. The summed E-state index contributed by atoms with van der Waals surface area (Å²) < 4.78 is 0. The van der Waals surface area contributed by atoms with Crippen LogP contribution in [0.15, 0.2) is 34.5 Å². The summed E-state index contributed by atoms with van der Waals surface area (Å²) in [4.78, 5) is 8.65. The minimum Gasteiger partial charge on any atom is -0.354 e. The molecule has 5 heteroatoms. The summed E-state index contributed by atoms with van der Waals surface area (Å²) in [5.74, 6) is 0.726. The lowest BCUT2D eigenvalue weighted by molar-refractivity contribution is 0.358. The van der Waals surface area contributed by atoms with Crippen LogP contribution >= 0.6 is 0 Å². The molecule has 0 atom stereocenters. The maximum atomic E-state index is 4.41. The molecule has 1 aromatic rings. The summed E-state index contributed by atoms with van der Waals surface area (Å²) in [6.45, 7) is 7.99. The highest BCUT2D eigenvalue weighted by atomic mass is 15.4. The number of hydrogen-bond donors (Lipinski definition) is 2. The normalized spacial score (nSPS) is 18.8. The second kappa shape index (κ2) is 5.16. The molecule has 0 radical (unpaired) electrons. The maximum absolute atomic E-state index is 4.41. The Morgan fingerprint density at radius 3 is 2.89 bits per heavy atom. The van der Waals surface area contributed by atoms with Gasteiger partial charge in [0.15, 0.2) is 0 Å². The summed E-state index contributed by atoms with van der Waals surface area (Å²) in [5, 5.41) is 7.50. The monoisotopic (exact) mass is 245 g/mol. The third-order valence-electron chi connectivity index (χ3n) is 2.76. The van der Waals surface area contributed by atoms with Crippen LogP contribution in [0.4, 0.5) is 0 Å². The first-order valence-electron chi connectivity index (χ1n) is 6.07. The average molecular weight is 245 g/mol. The van der Waals surface area contributed by atoms with Gasteiger partial charge in [-0.05, 0) is 19.1 Å². The van der Waals surface area contributed by atoms with Crippen LogP contribution in [-0.4, -0.2) is 29.7 Å². The Morgan fingerprint density at radius 1 is 1.44 bits per heavy atom. The molecule has 5 nitrogen and oxygen atoms in total. The molecule has 1 aliphatic rings. The number of hydrogen-bond acceptors (Lipinski definition) is 5. The van der Waals surface area contributed by atoms with Crippen molar-refractivity contribution in [3.8, 4) is 0 Å².